The SMILES string of the molecule is CCO[Si](CCCNC(=O)OCCCCCCCCSC1=C2C=CC=C3C=CN=C(c4ncccc41)C32)(OCC)OCC. The number of hydrogen-bond acceptors (Lipinski definition) is 8. The number of aliphatic imine (C=N–C) groups is 1. The van der Waals surface area contributed by atoms with E-state index in [-0.39, 0.29) is 12.0 Å². The van der Waals surface area contributed by atoms with E-state index in [1.54, 1.807) is 0 Å². The molecule has 1 N–H and O–H groups in total. The summed E-state index contributed by atoms with van der Waals surface area (Å²) in [5.74, 6) is 1.29. The van der Waals surface area contributed by atoms with Crippen molar-refractivity contribution in [1.29, 1.82) is 0 Å². The van der Waals surface area contributed by atoms with E-state index in [1.165, 1.54) is 40.9 Å². The fraction of sp³-hybridized carbons (Fsp3) is 0.545. The molecule has 2 heterocycles. The summed E-state index contributed by atoms with van der Waals surface area (Å²) in [6, 6.07) is 4.88. The van der Waals surface area contributed by atoms with Crippen LogP contribution >= 0.6 is 11.8 Å². The molecule has 1 aromatic heterocycles. The Morgan fingerprint density at radius 3 is 2.49 bits per heavy atom. The zero-order valence-electron chi connectivity index (χ0n) is 25.9. The van der Waals surface area contributed by atoms with E-state index in [0.717, 1.165) is 42.8 Å². The molecule has 0 fully saturated rings. The Kier molecular flexibility index (Phi) is 13.7. The summed E-state index contributed by atoms with van der Waals surface area (Å²) in [7, 11) is -2.66. The van der Waals surface area contributed by atoms with Crippen LogP contribution in [0.5, 0.6) is 0 Å². The molecule has 43 heavy (non-hydrogen) atoms. The second-order valence-electron chi connectivity index (χ2n) is 10.6. The van der Waals surface area contributed by atoms with Gasteiger partial charge in [0.05, 0.1) is 23.9 Å². The zero-order valence-corrected chi connectivity index (χ0v) is 27.8. The third-order valence-corrected chi connectivity index (χ3v) is 11.9. The van der Waals surface area contributed by atoms with Crippen molar-refractivity contribution in [1.82, 2.24) is 10.3 Å². The van der Waals surface area contributed by atoms with Gasteiger partial charge >= 0.3 is 14.9 Å². The van der Waals surface area contributed by atoms with Gasteiger partial charge in [-0.2, -0.15) is 0 Å². The van der Waals surface area contributed by atoms with Gasteiger partial charge in [0.1, 0.15) is 0 Å². The Morgan fingerprint density at radius 2 is 1.72 bits per heavy atom. The van der Waals surface area contributed by atoms with Crippen LogP contribution in [0.3, 0.4) is 0 Å². The first-order valence-corrected chi connectivity index (χ1v) is 18.8. The van der Waals surface area contributed by atoms with Gasteiger partial charge < -0.3 is 23.3 Å². The number of fused-ring (bicyclic) bond motifs is 2. The summed E-state index contributed by atoms with van der Waals surface area (Å²) < 4.78 is 22.9. The summed E-state index contributed by atoms with van der Waals surface area (Å²) >= 11 is 1.95. The monoisotopic (exact) mass is 625 g/mol. The first-order valence-electron chi connectivity index (χ1n) is 15.9. The molecule has 1 amide bonds. The van der Waals surface area contributed by atoms with E-state index in [1.807, 2.05) is 51.0 Å². The Balaban J connectivity index is 1.07. The van der Waals surface area contributed by atoms with Crippen LogP contribution in [0.25, 0.3) is 4.91 Å². The van der Waals surface area contributed by atoms with Crippen molar-refractivity contribution < 1.29 is 22.8 Å². The van der Waals surface area contributed by atoms with E-state index >= 15 is 0 Å². The minimum Gasteiger partial charge on any atom is -0.450 e. The predicted molar refractivity (Wildman–Crippen MR) is 177 cm³/mol. The maximum atomic E-state index is 12.1. The minimum absolute atomic E-state index is 0.200. The maximum Gasteiger partial charge on any atom is 0.500 e. The Hall–Kier alpha value is -2.50. The number of pyridine rings is 1. The first kappa shape index (κ1) is 33.4. The zero-order chi connectivity index (χ0) is 30.3. The normalized spacial score (nSPS) is 16.9. The van der Waals surface area contributed by atoms with Crippen LogP contribution in [0.15, 0.2) is 65.0 Å². The quantitative estimate of drug-likeness (QED) is 0.119. The number of alkyl carbamates (subject to hydrolysis) is 1. The summed E-state index contributed by atoms with van der Waals surface area (Å²) in [6.07, 6.45) is 19.5. The van der Waals surface area contributed by atoms with Crippen LogP contribution in [-0.4, -0.2) is 64.3 Å². The number of rotatable bonds is 20. The maximum absolute atomic E-state index is 12.1. The van der Waals surface area contributed by atoms with Crippen molar-refractivity contribution in [2.75, 3.05) is 38.7 Å². The van der Waals surface area contributed by atoms with Crippen LogP contribution in [0.2, 0.25) is 6.04 Å². The lowest BCUT2D eigenvalue weighted by Crippen LogP contribution is -2.46. The van der Waals surface area contributed by atoms with E-state index in [0.29, 0.717) is 39.0 Å². The number of hydrogen-bond donors (Lipinski definition) is 1. The number of thioether (sulfide) groups is 1. The number of amides is 1. The van der Waals surface area contributed by atoms with E-state index in [9.17, 15) is 4.79 Å². The molecule has 1 unspecified atom stereocenters. The van der Waals surface area contributed by atoms with Crippen molar-refractivity contribution in [3.8, 4) is 0 Å². The van der Waals surface area contributed by atoms with Gasteiger partial charge in [-0.1, -0.05) is 50.0 Å². The molecule has 4 rings (SSSR count). The molecular weight excluding hydrogens is 579 g/mol. The van der Waals surface area contributed by atoms with Crippen molar-refractivity contribution in [3.05, 3.63) is 71.2 Å². The van der Waals surface area contributed by atoms with Gasteiger partial charge in [-0.05, 0) is 69.1 Å². The Bertz CT molecular complexity index is 1210. The third-order valence-electron chi connectivity index (χ3n) is 7.56. The molecule has 0 saturated heterocycles. The fourth-order valence-corrected chi connectivity index (χ4v) is 9.52. The molecule has 1 atom stereocenters. The van der Waals surface area contributed by atoms with Gasteiger partial charge in [-0.15, -0.1) is 11.8 Å². The molecule has 3 aliphatic rings. The van der Waals surface area contributed by atoms with Gasteiger partial charge in [-0.25, -0.2) is 4.79 Å². The van der Waals surface area contributed by atoms with Gasteiger partial charge in [0, 0.05) is 55.3 Å². The highest BCUT2D eigenvalue weighted by Gasteiger charge is 2.39. The van der Waals surface area contributed by atoms with Crippen molar-refractivity contribution in [2.24, 2.45) is 10.9 Å². The molecule has 10 heteroatoms. The molecule has 0 aromatic carbocycles. The number of aromatic nitrogens is 1. The number of allylic oxidation sites excluding steroid dienone is 6. The highest BCUT2D eigenvalue weighted by Crippen LogP contribution is 2.46. The molecule has 0 spiro atoms. The summed E-state index contributed by atoms with van der Waals surface area (Å²) in [5, 5.41) is 2.84. The molecule has 0 saturated carbocycles. The van der Waals surface area contributed by atoms with Gasteiger partial charge in [0.25, 0.3) is 0 Å². The largest absolute Gasteiger partial charge is 0.500 e. The lowest BCUT2D eigenvalue weighted by molar-refractivity contribution is 0.0706. The first-order chi connectivity index (χ1) is 21.1. The standard InChI is InChI=1S/C33H47N3O5SSi/c1-4-39-43(40-5-2,41-6-3)25-15-21-36-33(37)38-23-11-9-7-8-10-12-24-42-32-27-17-13-16-26-19-22-35-31(29(26)27)30-28(32)18-14-20-34-30/h13-14,16-20,22,29H,4-12,15,21,23-25H2,1-3H3,(H,36,37). The lowest BCUT2D eigenvalue weighted by Gasteiger charge is -2.33. The van der Waals surface area contributed by atoms with Crippen LogP contribution in [0, 0.1) is 5.92 Å². The molecule has 234 valence electrons. The predicted octanol–water partition coefficient (Wildman–Crippen LogP) is 7.47. The molecule has 8 nitrogen and oxygen atoms in total. The van der Waals surface area contributed by atoms with E-state index < -0.39 is 8.80 Å². The summed E-state index contributed by atoms with van der Waals surface area (Å²) in [4.78, 5) is 22.9. The van der Waals surface area contributed by atoms with Crippen molar-refractivity contribution in [3.63, 3.8) is 0 Å². The van der Waals surface area contributed by atoms with Crippen molar-refractivity contribution in [2.45, 2.75) is 71.8 Å². The number of carbonyl (C=O) groups is 1. The second-order valence-corrected chi connectivity index (χ2v) is 14.4. The second kappa shape index (κ2) is 17.7. The third kappa shape index (κ3) is 9.25. The molecule has 0 bridgehead atoms. The molecule has 1 aliphatic heterocycles. The fourth-order valence-electron chi connectivity index (χ4n) is 5.68. The number of nitrogens with one attached hydrogen (secondary N) is 1. The highest BCUT2D eigenvalue weighted by molar-refractivity contribution is 8.08. The summed E-state index contributed by atoms with van der Waals surface area (Å²) in [5.41, 5.74) is 5.95. The number of unbranched alkanes of at least 4 members (excludes halogenated alkanes) is 5. The number of ether oxygens (including phenoxy) is 1. The smallest absolute Gasteiger partial charge is 0.450 e. The van der Waals surface area contributed by atoms with Gasteiger partial charge in [-0.3, -0.25) is 9.98 Å². The average Bonchev–Trinajstić information content (AvgIpc) is 3.02. The lowest BCUT2D eigenvalue weighted by atomic mass is 9.76. The van der Waals surface area contributed by atoms with E-state index in [2.05, 4.69) is 35.7 Å². The highest BCUT2D eigenvalue weighted by atomic mass is 32.2. The molecular formula is C33H47N3O5SSi. The average molecular weight is 626 g/mol. The van der Waals surface area contributed by atoms with Crippen LogP contribution in [0.1, 0.15) is 77.0 Å². The van der Waals surface area contributed by atoms with E-state index in [4.69, 9.17) is 28.0 Å². The van der Waals surface area contributed by atoms with Crippen LogP contribution in [0.4, 0.5) is 4.79 Å². The van der Waals surface area contributed by atoms with Gasteiger partial charge in [0.15, 0.2) is 0 Å². The van der Waals surface area contributed by atoms with Crippen LogP contribution < -0.4 is 5.32 Å². The molecule has 2 aliphatic carbocycles. The topological polar surface area (TPSA) is 91.3 Å². The van der Waals surface area contributed by atoms with Gasteiger partial charge in [0.2, 0.25) is 0 Å². The Morgan fingerprint density at radius 1 is 0.977 bits per heavy atom. The number of carbonyl (C=O) groups excluding carboxylic acids is 1. The number of nitrogens with zero attached hydrogens (tertiary/aromatic N) is 2. The van der Waals surface area contributed by atoms with Crippen molar-refractivity contribution >= 4 is 37.3 Å². The van der Waals surface area contributed by atoms with Crippen LogP contribution in [-0.2, 0) is 18.0 Å². The Labute approximate surface area is 262 Å². The molecule has 1 aromatic rings. The minimum atomic E-state index is -2.66. The molecule has 0 radical (unpaired) electrons. The summed E-state index contributed by atoms with van der Waals surface area (Å²) in [6.45, 7) is 8.47.